The molecule has 3 aromatic rings. The molecule has 3 aromatic carbocycles. The van der Waals surface area contributed by atoms with E-state index < -0.39 is 64.6 Å². The summed E-state index contributed by atoms with van der Waals surface area (Å²) in [5.74, 6) is -6.83. The number of carboxylic acid groups (broad SMARTS) is 1. The number of nitrogens with zero attached hydrogens (tertiary/aromatic N) is 2. The highest BCUT2D eigenvalue weighted by Crippen LogP contribution is 2.64. The molecule has 11 heteroatoms. The number of halogens is 1. The van der Waals surface area contributed by atoms with Gasteiger partial charge in [0.25, 0.3) is 0 Å². The highest BCUT2D eigenvalue weighted by molar-refractivity contribution is 6.32. The second-order valence-electron chi connectivity index (χ2n) is 12.4. The highest BCUT2D eigenvalue weighted by Gasteiger charge is 2.67. The number of anilines is 2. The third kappa shape index (κ3) is 4.05. The van der Waals surface area contributed by atoms with Crippen LogP contribution in [0.2, 0.25) is 5.02 Å². The van der Waals surface area contributed by atoms with Crippen LogP contribution < -0.4 is 14.5 Å². The summed E-state index contributed by atoms with van der Waals surface area (Å²) in [6.45, 7) is 1.76. The molecule has 2 aliphatic carbocycles. The molecule has 234 valence electrons. The van der Waals surface area contributed by atoms with Crippen LogP contribution >= 0.6 is 11.6 Å². The first-order valence-corrected chi connectivity index (χ1v) is 15.3. The van der Waals surface area contributed by atoms with Gasteiger partial charge in [0.05, 0.1) is 52.2 Å². The molecule has 46 heavy (non-hydrogen) atoms. The number of hydrogen-bond donors (Lipinski definition) is 2. The molecule has 2 heterocycles. The lowest BCUT2D eigenvalue weighted by molar-refractivity contribution is -0.131. The molecule has 4 amide bonds. The molecular formula is C35H29ClN2O8. The lowest BCUT2D eigenvalue weighted by Gasteiger charge is -2.49. The Balaban J connectivity index is 1.38. The zero-order chi connectivity index (χ0) is 32.7. The number of amides is 4. The Labute approximate surface area is 268 Å². The summed E-state index contributed by atoms with van der Waals surface area (Å²) in [6.07, 6.45) is 2.26. The maximum absolute atomic E-state index is 14.5. The van der Waals surface area contributed by atoms with Crippen molar-refractivity contribution in [3.05, 3.63) is 94.5 Å². The summed E-state index contributed by atoms with van der Waals surface area (Å²) in [7, 11) is 1.38. The fraction of sp³-hybridized carbons (Fsp3) is 0.286. The van der Waals surface area contributed by atoms with Crippen molar-refractivity contribution in [1.82, 2.24) is 0 Å². The van der Waals surface area contributed by atoms with Crippen molar-refractivity contribution in [2.75, 3.05) is 16.9 Å². The third-order valence-electron chi connectivity index (χ3n) is 10.2. The summed E-state index contributed by atoms with van der Waals surface area (Å²) in [6, 6.07) is 17.5. The molecule has 2 aliphatic heterocycles. The molecular weight excluding hydrogens is 612 g/mol. The highest BCUT2D eigenvalue weighted by atomic mass is 35.5. The van der Waals surface area contributed by atoms with Crippen LogP contribution in [-0.4, -0.2) is 46.9 Å². The molecule has 0 bridgehead atoms. The molecule has 0 unspecified atom stereocenters. The van der Waals surface area contributed by atoms with Crippen LogP contribution in [0.5, 0.6) is 11.5 Å². The number of imide groups is 2. The average Bonchev–Trinajstić information content (AvgIpc) is 3.42. The van der Waals surface area contributed by atoms with E-state index in [-0.39, 0.29) is 40.6 Å². The summed E-state index contributed by atoms with van der Waals surface area (Å²) in [5.41, 5.74) is 0.506. The van der Waals surface area contributed by atoms with E-state index in [0.29, 0.717) is 11.3 Å². The van der Waals surface area contributed by atoms with E-state index in [1.165, 1.54) is 36.3 Å². The number of rotatable bonds is 5. The standard InChI is InChI=1S/C35H29ClN2O8/c1-35-24(31(41)38(34(35)45)19-8-4-3-5-9-19)16-23-21(28(35)18-14-25(36)29(39)26(15-18)46-2)11-12-22-27(23)32(42)37(30(22)40)20-10-6-7-17(13-20)33(43)44/h3-11,13-15,22-24,27-28,39H,12,16H2,1-2H3,(H,43,44)/t22-,23+,24-,27-,28-,35+/m0/s1. The summed E-state index contributed by atoms with van der Waals surface area (Å²) < 4.78 is 5.40. The predicted octanol–water partition coefficient (Wildman–Crippen LogP) is 5.19. The number of carbonyl (C=O) groups is 5. The number of aromatic carboxylic acids is 1. The summed E-state index contributed by atoms with van der Waals surface area (Å²) in [4.78, 5) is 70.7. The molecule has 2 saturated heterocycles. The molecule has 0 aromatic heterocycles. The Hall–Kier alpha value is -4.96. The number of para-hydroxylation sites is 1. The number of fused-ring (bicyclic) bond motifs is 4. The molecule has 3 fully saturated rings. The quantitative estimate of drug-likeness (QED) is 0.287. The van der Waals surface area contributed by atoms with E-state index in [0.717, 1.165) is 10.5 Å². The van der Waals surface area contributed by atoms with E-state index in [4.69, 9.17) is 16.3 Å². The lowest BCUT2D eigenvalue weighted by Crippen LogP contribution is -2.48. The van der Waals surface area contributed by atoms with Gasteiger partial charge in [0.15, 0.2) is 11.5 Å². The Morgan fingerprint density at radius 1 is 0.913 bits per heavy atom. The van der Waals surface area contributed by atoms with Gasteiger partial charge in [0.2, 0.25) is 23.6 Å². The lowest BCUT2D eigenvalue weighted by atomic mass is 9.51. The predicted molar refractivity (Wildman–Crippen MR) is 167 cm³/mol. The Morgan fingerprint density at radius 3 is 2.33 bits per heavy atom. The van der Waals surface area contributed by atoms with E-state index in [1.54, 1.807) is 49.4 Å². The zero-order valence-electron chi connectivity index (χ0n) is 24.8. The first-order valence-electron chi connectivity index (χ1n) is 14.9. The van der Waals surface area contributed by atoms with Gasteiger partial charge in [-0.25, -0.2) is 9.69 Å². The van der Waals surface area contributed by atoms with Gasteiger partial charge in [-0.05, 0) is 73.7 Å². The third-order valence-corrected chi connectivity index (χ3v) is 10.5. The van der Waals surface area contributed by atoms with Crippen molar-refractivity contribution < 1.29 is 38.9 Å². The number of benzene rings is 3. The van der Waals surface area contributed by atoms with Gasteiger partial charge in [-0.2, -0.15) is 0 Å². The zero-order valence-corrected chi connectivity index (χ0v) is 25.6. The van der Waals surface area contributed by atoms with Crippen LogP contribution in [0.15, 0.2) is 78.4 Å². The van der Waals surface area contributed by atoms with Crippen LogP contribution in [0, 0.1) is 29.1 Å². The molecule has 10 nitrogen and oxygen atoms in total. The Morgan fingerprint density at radius 2 is 1.63 bits per heavy atom. The first kappa shape index (κ1) is 29.7. The second-order valence-corrected chi connectivity index (χ2v) is 12.8. The van der Waals surface area contributed by atoms with Gasteiger partial charge in [-0.1, -0.05) is 47.5 Å². The normalized spacial score (nSPS) is 28.5. The minimum absolute atomic E-state index is 0.000736. The fourth-order valence-electron chi connectivity index (χ4n) is 8.17. The number of phenolic OH excluding ortho intramolecular Hbond substituents is 1. The number of phenols is 1. The van der Waals surface area contributed by atoms with Gasteiger partial charge >= 0.3 is 5.97 Å². The summed E-state index contributed by atoms with van der Waals surface area (Å²) >= 11 is 6.46. The number of carboxylic acids is 1. The van der Waals surface area contributed by atoms with Crippen molar-refractivity contribution in [1.29, 1.82) is 0 Å². The maximum atomic E-state index is 14.5. The average molecular weight is 641 g/mol. The van der Waals surface area contributed by atoms with Crippen molar-refractivity contribution in [3.8, 4) is 11.5 Å². The number of carbonyl (C=O) groups excluding carboxylic acids is 4. The first-order chi connectivity index (χ1) is 22.0. The van der Waals surface area contributed by atoms with E-state index in [9.17, 15) is 34.2 Å². The van der Waals surface area contributed by atoms with Crippen molar-refractivity contribution >= 4 is 52.6 Å². The van der Waals surface area contributed by atoms with E-state index >= 15 is 0 Å². The van der Waals surface area contributed by atoms with Crippen molar-refractivity contribution in [3.63, 3.8) is 0 Å². The van der Waals surface area contributed by atoms with Gasteiger partial charge in [0.1, 0.15) is 0 Å². The maximum Gasteiger partial charge on any atom is 0.335 e. The van der Waals surface area contributed by atoms with Crippen molar-refractivity contribution in [2.24, 2.45) is 29.1 Å². The van der Waals surface area contributed by atoms with E-state index in [1.807, 2.05) is 6.08 Å². The van der Waals surface area contributed by atoms with Gasteiger partial charge in [0, 0.05) is 5.92 Å². The van der Waals surface area contributed by atoms with E-state index in [2.05, 4.69) is 0 Å². The number of ether oxygens (including phenoxy) is 1. The number of methoxy groups -OCH3 is 1. The molecule has 1 saturated carbocycles. The number of aromatic hydroxyl groups is 1. The van der Waals surface area contributed by atoms with Crippen LogP contribution in [0.25, 0.3) is 0 Å². The SMILES string of the molecule is COc1cc([C@H]2C3=CC[C@@H]4C(=O)N(c5cccc(C(=O)O)c5)C(=O)[C@@H]4[C@@H]3C[C@H]3C(=O)N(c4ccccc4)C(=O)[C@@]23C)cc(Cl)c1O. The molecule has 7 rings (SSSR count). The largest absolute Gasteiger partial charge is 0.503 e. The second kappa shape index (κ2) is 10.6. The molecule has 2 N–H and O–H groups in total. The van der Waals surface area contributed by atoms with Crippen LogP contribution in [-0.2, 0) is 19.2 Å². The fourth-order valence-corrected chi connectivity index (χ4v) is 8.39. The van der Waals surface area contributed by atoms with Crippen molar-refractivity contribution in [2.45, 2.75) is 25.7 Å². The molecule has 4 aliphatic rings. The smallest absolute Gasteiger partial charge is 0.335 e. The monoisotopic (exact) mass is 640 g/mol. The number of allylic oxidation sites excluding steroid dienone is 2. The Bertz CT molecular complexity index is 1890. The van der Waals surface area contributed by atoms with Crippen LogP contribution in [0.4, 0.5) is 11.4 Å². The Kier molecular flexibility index (Phi) is 6.82. The van der Waals surface area contributed by atoms with Crippen LogP contribution in [0.1, 0.15) is 41.6 Å². The molecule has 0 spiro atoms. The number of hydrogen-bond acceptors (Lipinski definition) is 7. The minimum atomic E-state index is -1.30. The topological polar surface area (TPSA) is 142 Å². The van der Waals surface area contributed by atoms with Crippen LogP contribution in [0.3, 0.4) is 0 Å². The molecule has 0 radical (unpaired) electrons. The van der Waals surface area contributed by atoms with Gasteiger partial charge < -0.3 is 14.9 Å². The van der Waals surface area contributed by atoms with Gasteiger partial charge in [-0.15, -0.1) is 0 Å². The molecule has 6 atom stereocenters. The van der Waals surface area contributed by atoms with Gasteiger partial charge in [-0.3, -0.25) is 24.1 Å². The summed E-state index contributed by atoms with van der Waals surface area (Å²) in [5, 5.41) is 20.1. The minimum Gasteiger partial charge on any atom is -0.503 e.